The number of hydrogen-bond acceptors (Lipinski definition) is 3. The van der Waals surface area contributed by atoms with Crippen molar-refractivity contribution in [2.24, 2.45) is 11.7 Å². The zero-order chi connectivity index (χ0) is 12.1. The summed E-state index contributed by atoms with van der Waals surface area (Å²) < 4.78 is 0. The lowest BCUT2D eigenvalue weighted by molar-refractivity contribution is -0.123. The van der Waals surface area contributed by atoms with Crippen molar-refractivity contribution in [1.82, 2.24) is 10.2 Å². The molecule has 98 valence electrons. The summed E-state index contributed by atoms with van der Waals surface area (Å²) in [5, 5.41) is 2.87. The SMILES string of the molecule is NCCNC(=O)CN1CCC[C@H]2CCCC[C@H]21. The summed E-state index contributed by atoms with van der Waals surface area (Å²) in [4.78, 5) is 14.1. The summed E-state index contributed by atoms with van der Waals surface area (Å²) in [6.45, 7) is 2.79. The van der Waals surface area contributed by atoms with E-state index < -0.39 is 0 Å². The average molecular weight is 239 g/mol. The van der Waals surface area contributed by atoms with E-state index in [4.69, 9.17) is 5.73 Å². The van der Waals surface area contributed by atoms with E-state index in [2.05, 4.69) is 10.2 Å². The van der Waals surface area contributed by atoms with Crippen LogP contribution in [0.4, 0.5) is 0 Å². The lowest BCUT2D eigenvalue weighted by atomic mass is 9.78. The van der Waals surface area contributed by atoms with Gasteiger partial charge in [-0.05, 0) is 38.1 Å². The molecule has 1 heterocycles. The molecule has 3 N–H and O–H groups in total. The highest BCUT2D eigenvalue weighted by molar-refractivity contribution is 5.78. The summed E-state index contributed by atoms with van der Waals surface area (Å²) in [5.41, 5.74) is 5.39. The fraction of sp³-hybridized carbons (Fsp3) is 0.923. The molecule has 1 amide bonds. The highest BCUT2D eigenvalue weighted by atomic mass is 16.2. The van der Waals surface area contributed by atoms with Crippen molar-refractivity contribution in [2.75, 3.05) is 26.2 Å². The minimum Gasteiger partial charge on any atom is -0.354 e. The maximum atomic E-state index is 11.7. The molecule has 0 bridgehead atoms. The number of hydrogen-bond donors (Lipinski definition) is 2. The van der Waals surface area contributed by atoms with Crippen molar-refractivity contribution in [3.05, 3.63) is 0 Å². The van der Waals surface area contributed by atoms with E-state index in [1.54, 1.807) is 0 Å². The molecule has 0 aromatic rings. The number of amides is 1. The quantitative estimate of drug-likeness (QED) is 0.760. The molecule has 4 nitrogen and oxygen atoms in total. The number of nitrogens with two attached hydrogens (primary N) is 1. The van der Waals surface area contributed by atoms with Gasteiger partial charge in [-0.25, -0.2) is 0 Å². The smallest absolute Gasteiger partial charge is 0.234 e. The number of carbonyl (C=O) groups is 1. The number of rotatable bonds is 4. The summed E-state index contributed by atoms with van der Waals surface area (Å²) in [6.07, 6.45) is 7.99. The van der Waals surface area contributed by atoms with E-state index in [0.29, 0.717) is 25.7 Å². The van der Waals surface area contributed by atoms with Crippen LogP contribution in [0.25, 0.3) is 0 Å². The van der Waals surface area contributed by atoms with E-state index in [0.717, 1.165) is 12.5 Å². The van der Waals surface area contributed by atoms with Gasteiger partial charge in [0.05, 0.1) is 6.54 Å². The minimum atomic E-state index is 0.140. The Morgan fingerprint density at radius 3 is 2.82 bits per heavy atom. The van der Waals surface area contributed by atoms with Gasteiger partial charge in [0.2, 0.25) is 5.91 Å². The van der Waals surface area contributed by atoms with E-state index >= 15 is 0 Å². The maximum absolute atomic E-state index is 11.7. The van der Waals surface area contributed by atoms with Crippen LogP contribution in [0, 0.1) is 5.92 Å². The molecule has 4 heteroatoms. The third-order valence-corrected chi connectivity index (χ3v) is 4.17. The average Bonchev–Trinajstić information content (AvgIpc) is 2.37. The molecule has 0 aromatic heterocycles. The fourth-order valence-electron chi connectivity index (χ4n) is 3.38. The predicted molar refractivity (Wildman–Crippen MR) is 68.6 cm³/mol. The number of piperidine rings is 1. The van der Waals surface area contributed by atoms with Crippen molar-refractivity contribution < 1.29 is 4.79 Å². The van der Waals surface area contributed by atoms with Crippen LogP contribution in [-0.2, 0) is 4.79 Å². The van der Waals surface area contributed by atoms with E-state index in [1.807, 2.05) is 0 Å². The van der Waals surface area contributed by atoms with E-state index in [1.165, 1.54) is 38.5 Å². The topological polar surface area (TPSA) is 58.4 Å². The number of likely N-dealkylation sites (tertiary alicyclic amines) is 1. The van der Waals surface area contributed by atoms with Crippen molar-refractivity contribution >= 4 is 5.91 Å². The van der Waals surface area contributed by atoms with Gasteiger partial charge in [-0.3, -0.25) is 9.69 Å². The van der Waals surface area contributed by atoms with Gasteiger partial charge in [0, 0.05) is 19.1 Å². The standard InChI is InChI=1S/C13H25N3O/c14-7-8-15-13(17)10-16-9-3-5-11-4-1-2-6-12(11)16/h11-12H,1-10,14H2,(H,15,17)/t11-,12-/m1/s1. The van der Waals surface area contributed by atoms with Crippen LogP contribution in [-0.4, -0.2) is 43.0 Å². The second-order valence-corrected chi connectivity index (χ2v) is 5.36. The van der Waals surface area contributed by atoms with Crippen molar-refractivity contribution in [1.29, 1.82) is 0 Å². The van der Waals surface area contributed by atoms with Gasteiger partial charge < -0.3 is 11.1 Å². The highest BCUT2D eigenvalue weighted by Crippen LogP contribution is 2.34. The molecule has 1 saturated carbocycles. The largest absolute Gasteiger partial charge is 0.354 e. The van der Waals surface area contributed by atoms with E-state index in [9.17, 15) is 4.79 Å². The van der Waals surface area contributed by atoms with Gasteiger partial charge in [0.15, 0.2) is 0 Å². The summed E-state index contributed by atoms with van der Waals surface area (Å²) in [5.74, 6) is 0.987. The Balaban J connectivity index is 1.83. The fourth-order valence-corrected chi connectivity index (χ4v) is 3.38. The first kappa shape index (κ1) is 12.8. The monoisotopic (exact) mass is 239 g/mol. The first-order valence-electron chi connectivity index (χ1n) is 7.02. The second-order valence-electron chi connectivity index (χ2n) is 5.36. The molecule has 2 aliphatic rings. The predicted octanol–water partition coefficient (Wildman–Crippen LogP) is 0.716. The molecule has 17 heavy (non-hydrogen) atoms. The normalized spacial score (nSPS) is 29.7. The molecule has 0 unspecified atom stereocenters. The molecule has 2 atom stereocenters. The second kappa shape index (κ2) is 6.36. The Labute approximate surface area is 104 Å². The molecule has 2 fully saturated rings. The number of nitrogens with one attached hydrogen (secondary N) is 1. The van der Waals surface area contributed by atoms with Crippen molar-refractivity contribution in [2.45, 2.75) is 44.6 Å². The van der Waals surface area contributed by atoms with Crippen molar-refractivity contribution in [3.63, 3.8) is 0 Å². The Kier molecular flexibility index (Phi) is 4.80. The first-order chi connectivity index (χ1) is 8.31. The van der Waals surface area contributed by atoms with Crippen LogP contribution in [0.5, 0.6) is 0 Å². The molecule has 1 saturated heterocycles. The third-order valence-electron chi connectivity index (χ3n) is 4.17. The van der Waals surface area contributed by atoms with Gasteiger partial charge in [0.25, 0.3) is 0 Å². The van der Waals surface area contributed by atoms with Gasteiger partial charge in [0.1, 0.15) is 0 Å². The Morgan fingerprint density at radius 2 is 2.00 bits per heavy atom. The number of fused-ring (bicyclic) bond motifs is 1. The minimum absolute atomic E-state index is 0.140. The molecule has 2 rings (SSSR count). The Bertz CT molecular complexity index is 255. The number of nitrogens with zero attached hydrogens (tertiary/aromatic N) is 1. The van der Waals surface area contributed by atoms with Gasteiger partial charge in [-0.15, -0.1) is 0 Å². The van der Waals surface area contributed by atoms with Crippen LogP contribution in [0.1, 0.15) is 38.5 Å². The summed E-state index contributed by atoms with van der Waals surface area (Å²) in [6, 6.07) is 0.668. The zero-order valence-corrected chi connectivity index (χ0v) is 10.7. The van der Waals surface area contributed by atoms with Crippen LogP contribution < -0.4 is 11.1 Å². The molecule has 0 spiro atoms. The van der Waals surface area contributed by atoms with Crippen molar-refractivity contribution in [3.8, 4) is 0 Å². The molecule has 0 aromatic carbocycles. The Morgan fingerprint density at radius 1 is 1.24 bits per heavy atom. The van der Waals surface area contributed by atoms with Gasteiger partial charge in [-0.1, -0.05) is 12.8 Å². The highest BCUT2D eigenvalue weighted by Gasteiger charge is 2.33. The summed E-state index contributed by atoms with van der Waals surface area (Å²) >= 11 is 0. The van der Waals surface area contributed by atoms with Crippen LogP contribution in [0.15, 0.2) is 0 Å². The van der Waals surface area contributed by atoms with Gasteiger partial charge in [-0.2, -0.15) is 0 Å². The zero-order valence-electron chi connectivity index (χ0n) is 10.7. The lowest BCUT2D eigenvalue weighted by Gasteiger charge is -2.43. The molecule has 1 aliphatic heterocycles. The molecular weight excluding hydrogens is 214 g/mol. The third kappa shape index (κ3) is 3.42. The first-order valence-corrected chi connectivity index (χ1v) is 7.02. The molecular formula is C13H25N3O. The molecule has 0 radical (unpaired) electrons. The number of carbonyl (C=O) groups excluding carboxylic acids is 1. The molecule has 1 aliphatic carbocycles. The lowest BCUT2D eigenvalue weighted by Crippen LogP contribution is -2.50. The van der Waals surface area contributed by atoms with Crippen LogP contribution >= 0.6 is 0 Å². The Hall–Kier alpha value is -0.610. The van der Waals surface area contributed by atoms with E-state index in [-0.39, 0.29) is 5.91 Å². The summed E-state index contributed by atoms with van der Waals surface area (Å²) in [7, 11) is 0. The van der Waals surface area contributed by atoms with Gasteiger partial charge >= 0.3 is 0 Å². The van der Waals surface area contributed by atoms with Crippen LogP contribution in [0.3, 0.4) is 0 Å². The maximum Gasteiger partial charge on any atom is 0.234 e. The van der Waals surface area contributed by atoms with Crippen LogP contribution in [0.2, 0.25) is 0 Å².